The van der Waals surface area contributed by atoms with Crippen molar-refractivity contribution in [3.63, 3.8) is 0 Å². The van der Waals surface area contributed by atoms with Crippen LogP contribution in [0, 0.1) is 17.8 Å². The Kier molecular flexibility index (Phi) is 5.56. The summed E-state index contributed by atoms with van der Waals surface area (Å²) in [4.78, 5) is 0. The van der Waals surface area contributed by atoms with Gasteiger partial charge in [0, 0.05) is 0 Å². The van der Waals surface area contributed by atoms with E-state index in [0.29, 0.717) is 17.8 Å². The van der Waals surface area contributed by atoms with Gasteiger partial charge < -0.3 is 5.11 Å². The van der Waals surface area contributed by atoms with Crippen LogP contribution in [0.25, 0.3) is 0 Å². The highest BCUT2D eigenvalue weighted by Gasteiger charge is 2.24. The fourth-order valence-corrected chi connectivity index (χ4v) is 2.34. The van der Waals surface area contributed by atoms with Crippen LogP contribution in [-0.4, -0.2) is 11.2 Å². The van der Waals surface area contributed by atoms with E-state index in [2.05, 4.69) is 27.7 Å². The molecule has 1 heteroatoms. The van der Waals surface area contributed by atoms with Crippen molar-refractivity contribution in [3.05, 3.63) is 0 Å². The lowest BCUT2D eigenvalue weighted by atomic mass is 9.79. The molecule has 0 spiro atoms. The normalized spacial score (nSPS) is 19.2. The molecule has 0 saturated carbocycles. The van der Waals surface area contributed by atoms with Gasteiger partial charge in [-0.25, -0.2) is 0 Å². The average Bonchev–Trinajstić information content (AvgIpc) is 1.85. The van der Waals surface area contributed by atoms with Gasteiger partial charge >= 0.3 is 0 Å². The lowest BCUT2D eigenvalue weighted by Crippen LogP contribution is -2.28. The van der Waals surface area contributed by atoms with Crippen LogP contribution >= 0.6 is 0 Å². The molecule has 0 heterocycles. The molecule has 74 valence electrons. The third-order valence-electron chi connectivity index (χ3n) is 2.73. The zero-order chi connectivity index (χ0) is 9.72. The molecule has 3 atom stereocenters. The predicted molar refractivity (Wildman–Crippen MR) is 54.1 cm³/mol. The first-order valence-electron chi connectivity index (χ1n) is 5.18. The van der Waals surface area contributed by atoms with Crippen LogP contribution in [0.15, 0.2) is 0 Å². The summed E-state index contributed by atoms with van der Waals surface area (Å²) >= 11 is 0. The molecular weight excluding hydrogens is 148 g/mol. The molecule has 0 aromatic heterocycles. The van der Waals surface area contributed by atoms with Crippen LogP contribution < -0.4 is 0 Å². The molecule has 0 amide bonds. The van der Waals surface area contributed by atoms with Gasteiger partial charge in [0.2, 0.25) is 0 Å². The largest absolute Gasteiger partial charge is 0.393 e. The predicted octanol–water partition coefficient (Wildman–Crippen LogP) is 3.08. The van der Waals surface area contributed by atoms with Crippen molar-refractivity contribution in [2.75, 3.05) is 0 Å². The minimum absolute atomic E-state index is 0.161. The van der Waals surface area contributed by atoms with Gasteiger partial charge in [-0.15, -0.1) is 0 Å². The molecule has 12 heavy (non-hydrogen) atoms. The minimum Gasteiger partial charge on any atom is -0.393 e. The second kappa shape index (κ2) is 5.58. The molecule has 0 bridgehead atoms. The van der Waals surface area contributed by atoms with Gasteiger partial charge in [-0.05, 0) is 24.7 Å². The average molecular weight is 172 g/mol. The number of aliphatic hydroxyl groups excluding tert-OH is 1. The van der Waals surface area contributed by atoms with Crippen molar-refractivity contribution in [3.8, 4) is 0 Å². The smallest absolute Gasteiger partial charge is 0.0545 e. The summed E-state index contributed by atoms with van der Waals surface area (Å²) in [7, 11) is 0. The Morgan fingerprint density at radius 3 is 1.83 bits per heavy atom. The Bertz CT molecular complexity index is 99.6. The third kappa shape index (κ3) is 3.57. The SMILES string of the molecule is CCCC(C)C(C(C)C)C(C)O. The van der Waals surface area contributed by atoms with Gasteiger partial charge in [0.15, 0.2) is 0 Å². The van der Waals surface area contributed by atoms with E-state index in [-0.39, 0.29) is 6.10 Å². The maximum Gasteiger partial charge on any atom is 0.0545 e. The van der Waals surface area contributed by atoms with Gasteiger partial charge in [-0.2, -0.15) is 0 Å². The van der Waals surface area contributed by atoms with Gasteiger partial charge in [0.05, 0.1) is 6.10 Å². The van der Waals surface area contributed by atoms with Gasteiger partial charge in [-0.1, -0.05) is 40.5 Å². The number of hydrogen-bond donors (Lipinski definition) is 1. The third-order valence-corrected chi connectivity index (χ3v) is 2.73. The second-order valence-corrected chi connectivity index (χ2v) is 4.33. The molecule has 0 aliphatic carbocycles. The van der Waals surface area contributed by atoms with Crippen LogP contribution in [0.3, 0.4) is 0 Å². The monoisotopic (exact) mass is 172 g/mol. The zero-order valence-corrected chi connectivity index (χ0v) is 9.17. The van der Waals surface area contributed by atoms with Gasteiger partial charge in [0.1, 0.15) is 0 Å². The summed E-state index contributed by atoms with van der Waals surface area (Å²) in [6.45, 7) is 10.8. The minimum atomic E-state index is -0.161. The number of aliphatic hydroxyl groups is 1. The molecule has 0 radical (unpaired) electrons. The molecule has 0 aromatic rings. The Morgan fingerprint density at radius 2 is 1.58 bits per heavy atom. The molecule has 1 nitrogen and oxygen atoms in total. The number of hydrogen-bond acceptors (Lipinski definition) is 1. The molecular formula is C11H24O. The molecule has 0 aliphatic heterocycles. The van der Waals surface area contributed by atoms with Crippen LogP contribution in [-0.2, 0) is 0 Å². The van der Waals surface area contributed by atoms with E-state index in [4.69, 9.17) is 0 Å². The lowest BCUT2D eigenvalue weighted by Gasteiger charge is -2.29. The van der Waals surface area contributed by atoms with Crippen LogP contribution in [0.4, 0.5) is 0 Å². The van der Waals surface area contributed by atoms with E-state index in [1.807, 2.05) is 6.92 Å². The fraction of sp³-hybridized carbons (Fsp3) is 1.00. The molecule has 1 N–H and O–H groups in total. The first kappa shape index (κ1) is 12.0. The van der Waals surface area contributed by atoms with E-state index >= 15 is 0 Å². The first-order valence-corrected chi connectivity index (χ1v) is 5.18. The molecule has 0 rings (SSSR count). The summed E-state index contributed by atoms with van der Waals surface area (Å²) in [6.07, 6.45) is 2.29. The topological polar surface area (TPSA) is 20.2 Å². The quantitative estimate of drug-likeness (QED) is 0.675. The van der Waals surface area contributed by atoms with Crippen LogP contribution in [0.5, 0.6) is 0 Å². The highest BCUT2D eigenvalue weighted by atomic mass is 16.3. The summed E-state index contributed by atoms with van der Waals surface area (Å²) in [6, 6.07) is 0. The van der Waals surface area contributed by atoms with Crippen molar-refractivity contribution in [2.24, 2.45) is 17.8 Å². The van der Waals surface area contributed by atoms with Crippen LogP contribution in [0.2, 0.25) is 0 Å². The lowest BCUT2D eigenvalue weighted by molar-refractivity contribution is 0.0596. The first-order chi connectivity index (χ1) is 5.50. The Morgan fingerprint density at radius 1 is 1.08 bits per heavy atom. The van der Waals surface area contributed by atoms with E-state index in [0.717, 1.165) is 0 Å². The molecule has 0 saturated heterocycles. The fourth-order valence-electron chi connectivity index (χ4n) is 2.34. The number of rotatable bonds is 5. The summed E-state index contributed by atoms with van der Waals surface area (Å²) in [5.74, 6) is 1.70. The Hall–Kier alpha value is -0.0400. The van der Waals surface area contributed by atoms with E-state index in [1.165, 1.54) is 12.8 Å². The Labute approximate surface area is 77.2 Å². The molecule has 3 unspecified atom stereocenters. The van der Waals surface area contributed by atoms with Gasteiger partial charge in [0.25, 0.3) is 0 Å². The van der Waals surface area contributed by atoms with Crippen molar-refractivity contribution in [2.45, 2.75) is 53.6 Å². The maximum absolute atomic E-state index is 9.58. The van der Waals surface area contributed by atoms with Crippen LogP contribution in [0.1, 0.15) is 47.5 Å². The van der Waals surface area contributed by atoms with Crippen molar-refractivity contribution in [1.29, 1.82) is 0 Å². The summed E-state index contributed by atoms with van der Waals surface area (Å²) in [5.41, 5.74) is 0. The molecule has 0 aliphatic rings. The highest BCUT2D eigenvalue weighted by Crippen LogP contribution is 2.27. The van der Waals surface area contributed by atoms with E-state index in [1.54, 1.807) is 0 Å². The van der Waals surface area contributed by atoms with Crippen molar-refractivity contribution < 1.29 is 5.11 Å². The van der Waals surface area contributed by atoms with E-state index in [9.17, 15) is 5.11 Å². The van der Waals surface area contributed by atoms with E-state index < -0.39 is 0 Å². The summed E-state index contributed by atoms with van der Waals surface area (Å²) in [5, 5.41) is 9.58. The maximum atomic E-state index is 9.58. The molecule has 0 fully saturated rings. The van der Waals surface area contributed by atoms with Crippen molar-refractivity contribution >= 4 is 0 Å². The van der Waals surface area contributed by atoms with Crippen molar-refractivity contribution in [1.82, 2.24) is 0 Å². The summed E-state index contributed by atoms with van der Waals surface area (Å²) < 4.78 is 0. The zero-order valence-electron chi connectivity index (χ0n) is 9.17. The second-order valence-electron chi connectivity index (χ2n) is 4.33. The standard InChI is InChI=1S/C11H24O/c1-6-7-9(4)11(8(2)3)10(5)12/h8-12H,6-7H2,1-5H3. The Balaban J connectivity index is 4.09. The molecule has 0 aromatic carbocycles. The van der Waals surface area contributed by atoms with Gasteiger partial charge in [-0.3, -0.25) is 0 Å². The highest BCUT2D eigenvalue weighted by molar-refractivity contribution is 4.73.